The lowest BCUT2D eigenvalue weighted by Crippen LogP contribution is -2.34. The van der Waals surface area contributed by atoms with Gasteiger partial charge in [0, 0.05) is 42.9 Å². The molecule has 2 aromatic rings. The van der Waals surface area contributed by atoms with Crippen molar-refractivity contribution in [3.63, 3.8) is 0 Å². The smallest absolute Gasteiger partial charge is 0.325 e. The summed E-state index contributed by atoms with van der Waals surface area (Å²) in [5.41, 5.74) is 3.07. The van der Waals surface area contributed by atoms with Gasteiger partial charge >= 0.3 is 5.97 Å². The van der Waals surface area contributed by atoms with Crippen molar-refractivity contribution in [2.24, 2.45) is 5.92 Å². The minimum atomic E-state index is -1.07. The van der Waals surface area contributed by atoms with E-state index in [9.17, 15) is 14.3 Å². The number of hydrogen-bond donors (Lipinski definition) is 2. The van der Waals surface area contributed by atoms with Crippen molar-refractivity contribution in [3.05, 3.63) is 52.5 Å². The van der Waals surface area contributed by atoms with E-state index in [2.05, 4.69) is 5.32 Å². The third kappa shape index (κ3) is 7.34. The Bertz CT molecular complexity index is 1180. The van der Waals surface area contributed by atoms with Crippen LogP contribution in [0, 0.1) is 11.7 Å². The van der Waals surface area contributed by atoms with Gasteiger partial charge in [-0.3, -0.25) is 9.69 Å². The fraction of sp³-hybridized carbons (Fsp3) is 0.613. The number of halogens is 2. The van der Waals surface area contributed by atoms with Crippen molar-refractivity contribution < 1.29 is 32.9 Å². The number of ether oxygens (including phenoxy) is 3. The molecule has 2 N–H and O–H groups in total. The third-order valence-corrected chi connectivity index (χ3v) is 8.55. The van der Waals surface area contributed by atoms with Crippen LogP contribution in [-0.4, -0.2) is 73.2 Å². The molecule has 0 amide bonds. The first-order chi connectivity index (χ1) is 19.9. The average molecular weight is 574 g/mol. The number of fused-ring (bicyclic) bond motifs is 1. The van der Waals surface area contributed by atoms with E-state index < -0.39 is 24.0 Å². The minimum absolute atomic E-state index is 0.0543. The van der Waals surface area contributed by atoms with E-state index in [-0.39, 0.29) is 18.6 Å². The molecule has 1 aromatic carbocycles. The molecular formula is C31H41F2N3O5. The summed E-state index contributed by atoms with van der Waals surface area (Å²) >= 11 is 0. The predicted octanol–water partition coefficient (Wildman–Crippen LogP) is 5.09. The molecule has 4 atom stereocenters. The summed E-state index contributed by atoms with van der Waals surface area (Å²) in [5.74, 6) is -0.0691. The zero-order chi connectivity index (χ0) is 28.8. The number of hydrogen-bond acceptors (Lipinski definition) is 7. The SMILES string of the molecule is COc1cc(CCCCC(F)[C@@H]2CCN(C(C(=O)O)c3cc(F)ccc3CO[C@H]3CCOC3)C2)nc2c1CCCN2. The predicted molar refractivity (Wildman–Crippen MR) is 151 cm³/mol. The molecule has 0 saturated carbocycles. The fourth-order valence-corrected chi connectivity index (χ4v) is 6.28. The van der Waals surface area contributed by atoms with Crippen LogP contribution in [0.25, 0.3) is 0 Å². The quantitative estimate of drug-likeness (QED) is 0.320. The number of anilines is 1. The van der Waals surface area contributed by atoms with E-state index in [1.807, 2.05) is 6.07 Å². The maximum absolute atomic E-state index is 15.3. The molecule has 0 radical (unpaired) electrons. The van der Waals surface area contributed by atoms with Crippen LogP contribution >= 0.6 is 0 Å². The highest BCUT2D eigenvalue weighted by molar-refractivity contribution is 5.76. The number of likely N-dealkylation sites (tertiary alicyclic amines) is 1. The molecule has 0 bridgehead atoms. The molecule has 3 aliphatic rings. The van der Waals surface area contributed by atoms with Gasteiger partial charge in [0.2, 0.25) is 0 Å². The zero-order valence-corrected chi connectivity index (χ0v) is 23.7. The van der Waals surface area contributed by atoms with E-state index in [0.29, 0.717) is 56.7 Å². The molecule has 8 nitrogen and oxygen atoms in total. The highest BCUT2D eigenvalue weighted by atomic mass is 19.1. The summed E-state index contributed by atoms with van der Waals surface area (Å²) in [5, 5.41) is 13.5. The normalized spacial score (nSPS) is 22.2. The highest BCUT2D eigenvalue weighted by Gasteiger charge is 2.38. The van der Waals surface area contributed by atoms with Crippen LogP contribution in [0.2, 0.25) is 0 Å². The van der Waals surface area contributed by atoms with Crippen LogP contribution < -0.4 is 10.1 Å². The number of alkyl halides is 1. The minimum Gasteiger partial charge on any atom is -0.496 e. The number of benzene rings is 1. The van der Waals surface area contributed by atoms with Gasteiger partial charge < -0.3 is 24.6 Å². The molecule has 41 heavy (non-hydrogen) atoms. The van der Waals surface area contributed by atoms with E-state index in [4.69, 9.17) is 19.2 Å². The number of aromatic nitrogens is 1. The number of methoxy groups -OCH3 is 1. The van der Waals surface area contributed by atoms with Gasteiger partial charge in [-0.15, -0.1) is 0 Å². The molecule has 2 saturated heterocycles. The fourth-order valence-electron chi connectivity index (χ4n) is 6.28. The summed E-state index contributed by atoms with van der Waals surface area (Å²) in [6, 6.07) is 5.13. The summed E-state index contributed by atoms with van der Waals surface area (Å²) in [4.78, 5) is 19.0. The van der Waals surface area contributed by atoms with Crippen LogP contribution in [0.5, 0.6) is 5.75 Å². The number of carbonyl (C=O) groups is 1. The molecular weight excluding hydrogens is 532 g/mol. The van der Waals surface area contributed by atoms with Gasteiger partial charge in [0.05, 0.1) is 26.4 Å². The monoisotopic (exact) mass is 573 g/mol. The lowest BCUT2D eigenvalue weighted by molar-refractivity contribution is -0.143. The molecule has 4 heterocycles. The van der Waals surface area contributed by atoms with Crippen LogP contribution in [0.1, 0.15) is 67.0 Å². The molecule has 1 aromatic heterocycles. The van der Waals surface area contributed by atoms with E-state index in [0.717, 1.165) is 61.5 Å². The number of rotatable bonds is 13. The van der Waals surface area contributed by atoms with Crippen molar-refractivity contribution in [2.45, 2.75) is 76.3 Å². The molecule has 0 spiro atoms. The summed E-state index contributed by atoms with van der Waals surface area (Å²) < 4.78 is 46.5. The molecule has 224 valence electrons. The van der Waals surface area contributed by atoms with E-state index >= 15 is 4.39 Å². The van der Waals surface area contributed by atoms with Gasteiger partial charge in [0.1, 0.15) is 29.6 Å². The Morgan fingerprint density at radius 1 is 1.29 bits per heavy atom. The summed E-state index contributed by atoms with van der Waals surface area (Å²) in [6.07, 6.45) is 4.96. The summed E-state index contributed by atoms with van der Waals surface area (Å²) in [7, 11) is 1.68. The average Bonchev–Trinajstić information content (AvgIpc) is 3.67. The maximum atomic E-state index is 15.3. The van der Waals surface area contributed by atoms with Gasteiger partial charge in [-0.05, 0) is 74.8 Å². The second-order valence-corrected chi connectivity index (χ2v) is 11.4. The number of unbranched alkanes of at least 4 members (excludes halogenated alkanes) is 1. The third-order valence-electron chi connectivity index (χ3n) is 8.55. The Hall–Kier alpha value is -2.82. The Morgan fingerprint density at radius 2 is 2.17 bits per heavy atom. The molecule has 3 aliphatic heterocycles. The lowest BCUT2D eigenvalue weighted by Gasteiger charge is -2.27. The zero-order valence-electron chi connectivity index (χ0n) is 23.7. The number of aliphatic carboxylic acids is 1. The van der Waals surface area contributed by atoms with Crippen molar-refractivity contribution in [2.75, 3.05) is 45.3 Å². The topological polar surface area (TPSA) is 93.2 Å². The molecule has 10 heteroatoms. The van der Waals surface area contributed by atoms with Crippen LogP contribution in [0.3, 0.4) is 0 Å². The van der Waals surface area contributed by atoms with Gasteiger partial charge in [-0.1, -0.05) is 12.5 Å². The Morgan fingerprint density at radius 3 is 2.95 bits per heavy atom. The number of carboxylic acids is 1. The standard InChI is InChI=1S/C31H41F2N3O5/c1-39-28-16-23(35-30-25(28)6-4-12-34-30)5-2-3-7-27(33)20-10-13-36(17-20)29(31(37)38)26-15-22(32)9-8-21(26)18-41-24-11-14-40-19-24/h8-9,15-16,20,24,27,29H,2-7,10-14,17-19H2,1H3,(H,34,35)(H,37,38)/t20-,24+,27?,29?/m1/s1. The van der Waals surface area contributed by atoms with E-state index in [1.54, 1.807) is 18.1 Å². The van der Waals surface area contributed by atoms with Gasteiger partial charge in [-0.2, -0.15) is 0 Å². The first-order valence-corrected chi connectivity index (χ1v) is 14.8. The van der Waals surface area contributed by atoms with Crippen molar-refractivity contribution in [1.29, 1.82) is 0 Å². The highest BCUT2D eigenvalue weighted by Crippen LogP contribution is 2.35. The van der Waals surface area contributed by atoms with Crippen LogP contribution in [-0.2, 0) is 33.7 Å². The number of pyridine rings is 1. The van der Waals surface area contributed by atoms with Gasteiger partial charge in [0.15, 0.2) is 0 Å². The second-order valence-electron chi connectivity index (χ2n) is 11.4. The number of aryl methyl sites for hydroxylation is 1. The Balaban J connectivity index is 1.15. The Labute approximate surface area is 240 Å². The first-order valence-electron chi connectivity index (χ1n) is 14.8. The second kappa shape index (κ2) is 13.9. The van der Waals surface area contributed by atoms with Crippen LogP contribution in [0.4, 0.5) is 14.6 Å². The lowest BCUT2D eigenvalue weighted by atomic mass is 9.96. The molecule has 2 unspecified atom stereocenters. The van der Waals surface area contributed by atoms with Crippen molar-refractivity contribution in [1.82, 2.24) is 9.88 Å². The molecule has 5 rings (SSSR count). The number of nitrogens with zero attached hydrogens (tertiary/aromatic N) is 2. The van der Waals surface area contributed by atoms with Gasteiger partial charge in [0.25, 0.3) is 0 Å². The summed E-state index contributed by atoms with van der Waals surface area (Å²) in [6.45, 7) is 2.98. The maximum Gasteiger partial charge on any atom is 0.325 e. The van der Waals surface area contributed by atoms with Gasteiger partial charge in [-0.25, -0.2) is 13.8 Å². The molecule has 2 fully saturated rings. The number of carboxylic acid groups (broad SMARTS) is 1. The molecule has 0 aliphatic carbocycles. The largest absolute Gasteiger partial charge is 0.496 e. The van der Waals surface area contributed by atoms with E-state index in [1.165, 1.54) is 12.1 Å². The number of nitrogens with one attached hydrogen (secondary N) is 1. The van der Waals surface area contributed by atoms with Crippen molar-refractivity contribution >= 4 is 11.8 Å². The Kier molecular flexibility index (Phi) is 10.1. The first kappa shape index (κ1) is 29.7. The van der Waals surface area contributed by atoms with Crippen molar-refractivity contribution in [3.8, 4) is 5.75 Å². The van der Waals surface area contributed by atoms with Crippen LogP contribution in [0.15, 0.2) is 24.3 Å².